The maximum Gasteiger partial charge on any atom is 0.245 e. The standard InChI is InChI=1S/C30H28N8O2/c1-3-27(39)37-14-19-4-5-20(15-37)28(19)23-7-8-24-29(36-23)30(33-16-31-24)35-21-6-9-25(18(2)12-21)40-22-10-11-38-26(13-22)32-17-34-38/h3,6-13,16-17,19-20,28H,1,4-5,14-15H2,2H3,(H,31,33,35)/t19-,20?,28-/m0/s1. The van der Waals surface area contributed by atoms with Gasteiger partial charge in [0.05, 0.1) is 5.52 Å². The molecule has 1 aliphatic carbocycles. The Morgan fingerprint density at radius 1 is 1.05 bits per heavy atom. The van der Waals surface area contributed by atoms with Gasteiger partial charge < -0.3 is 15.0 Å². The highest BCUT2D eigenvalue weighted by atomic mass is 16.5. The van der Waals surface area contributed by atoms with Crippen molar-refractivity contribution in [3.05, 3.63) is 85.2 Å². The Morgan fingerprint density at radius 2 is 1.90 bits per heavy atom. The summed E-state index contributed by atoms with van der Waals surface area (Å²) in [5, 5.41) is 7.56. The van der Waals surface area contributed by atoms with E-state index in [-0.39, 0.29) is 5.91 Å². The van der Waals surface area contributed by atoms with E-state index in [0.29, 0.717) is 29.3 Å². The molecule has 0 radical (unpaired) electrons. The van der Waals surface area contributed by atoms with Gasteiger partial charge in [-0.25, -0.2) is 24.5 Å². The van der Waals surface area contributed by atoms with E-state index in [0.717, 1.165) is 65.3 Å². The van der Waals surface area contributed by atoms with Crippen LogP contribution in [-0.2, 0) is 4.79 Å². The third-order valence-corrected chi connectivity index (χ3v) is 8.08. The van der Waals surface area contributed by atoms with E-state index in [4.69, 9.17) is 9.72 Å². The number of carbonyl (C=O) groups is 1. The van der Waals surface area contributed by atoms with E-state index in [9.17, 15) is 4.79 Å². The molecule has 4 aromatic heterocycles. The van der Waals surface area contributed by atoms with Gasteiger partial charge in [-0.05, 0) is 79.6 Å². The number of nitrogens with one attached hydrogen (secondary N) is 1. The van der Waals surface area contributed by atoms with Crippen molar-refractivity contribution < 1.29 is 9.53 Å². The van der Waals surface area contributed by atoms with Crippen molar-refractivity contribution in [1.82, 2.24) is 34.4 Å². The number of rotatable bonds is 6. The molecule has 2 bridgehead atoms. The molecular formula is C30H28N8O2. The molecule has 10 heteroatoms. The molecule has 2 fully saturated rings. The summed E-state index contributed by atoms with van der Waals surface area (Å²) in [5.41, 5.74) is 5.14. The van der Waals surface area contributed by atoms with E-state index in [1.165, 1.54) is 12.4 Å². The first-order valence-electron chi connectivity index (χ1n) is 13.4. The smallest absolute Gasteiger partial charge is 0.245 e. The van der Waals surface area contributed by atoms with Gasteiger partial charge in [0.1, 0.15) is 29.7 Å². The topological polar surface area (TPSA) is 110 Å². The molecule has 7 rings (SSSR count). The third-order valence-electron chi connectivity index (χ3n) is 8.08. The second-order valence-electron chi connectivity index (χ2n) is 10.5. The summed E-state index contributed by atoms with van der Waals surface area (Å²) in [4.78, 5) is 32.5. The van der Waals surface area contributed by atoms with Gasteiger partial charge >= 0.3 is 0 Å². The number of anilines is 2. The molecule has 1 saturated carbocycles. The zero-order valence-electron chi connectivity index (χ0n) is 22.1. The third kappa shape index (κ3) is 4.31. The van der Waals surface area contributed by atoms with Gasteiger partial charge in [-0.3, -0.25) is 4.79 Å². The molecule has 2 aliphatic rings. The summed E-state index contributed by atoms with van der Waals surface area (Å²) in [7, 11) is 0. The van der Waals surface area contributed by atoms with Gasteiger partial charge in [0.2, 0.25) is 5.91 Å². The predicted octanol–water partition coefficient (Wildman–Crippen LogP) is 5.05. The van der Waals surface area contributed by atoms with Crippen LogP contribution in [-0.4, -0.2) is 53.4 Å². The SMILES string of the molecule is C=CC(=O)N1CC2CC[C@@H](C1)[C@@H]2c1ccc2ncnc(Nc3ccc(Oc4ccn5ncnc5c4)c(C)c3)c2n1. The maximum absolute atomic E-state index is 12.2. The Labute approximate surface area is 230 Å². The molecule has 5 aromatic rings. The van der Waals surface area contributed by atoms with Gasteiger partial charge in [0.25, 0.3) is 0 Å². The van der Waals surface area contributed by atoms with Gasteiger partial charge in [0.15, 0.2) is 11.5 Å². The van der Waals surface area contributed by atoms with Crippen LogP contribution in [0.3, 0.4) is 0 Å². The van der Waals surface area contributed by atoms with E-state index < -0.39 is 0 Å². The van der Waals surface area contributed by atoms with Crippen LogP contribution in [0.15, 0.2) is 74.0 Å². The minimum atomic E-state index is 0.0183. The van der Waals surface area contributed by atoms with Crippen LogP contribution in [0.1, 0.15) is 30.0 Å². The number of likely N-dealkylation sites (tertiary alicyclic amines) is 1. The van der Waals surface area contributed by atoms with Crippen molar-refractivity contribution >= 4 is 34.1 Å². The van der Waals surface area contributed by atoms with Crippen molar-refractivity contribution in [2.45, 2.75) is 25.7 Å². The quantitative estimate of drug-likeness (QED) is 0.303. The van der Waals surface area contributed by atoms with Crippen molar-refractivity contribution in [3.63, 3.8) is 0 Å². The average molecular weight is 533 g/mol. The van der Waals surface area contributed by atoms with Crippen LogP contribution < -0.4 is 10.1 Å². The number of ether oxygens (including phenoxy) is 1. The van der Waals surface area contributed by atoms with Crippen LogP contribution in [0, 0.1) is 18.8 Å². The zero-order chi connectivity index (χ0) is 27.2. The first-order chi connectivity index (χ1) is 19.6. The Morgan fingerprint density at radius 3 is 2.70 bits per heavy atom. The molecule has 1 unspecified atom stereocenters. The minimum absolute atomic E-state index is 0.0183. The number of aromatic nitrogens is 6. The predicted molar refractivity (Wildman–Crippen MR) is 151 cm³/mol. The summed E-state index contributed by atoms with van der Waals surface area (Å²) in [6.45, 7) is 7.17. The summed E-state index contributed by atoms with van der Waals surface area (Å²) >= 11 is 0. The number of carbonyl (C=O) groups excluding carboxylic acids is 1. The van der Waals surface area contributed by atoms with Crippen LogP contribution >= 0.6 is 0 Å². The fourth-order valence-electron chi connectivity index (χ4n) is 6.21. The lowest BCUT2D eigenvalue weighted by Gasteiger charge is -2.37. The lowest BCUT2D eigenvalue weighted by Crippen LogP contribution is -2.43. The van der Waals surface area contributed by atoms with Crippen LogP contribution in [0.25, 0.3) is 16.7 Å². The largest absolute Gasteiger partial charge is 0.457 e. The van der Waals surface area contributed by atoms with E-state index in [1.807, 2.05) is 54.4 Å². The monoisotopic (exact) mass is 532 g/mol. The second kappa shape index (κ2) is 9.71. The first kappa shape index (κ1) is 24.2. The molecule has 1 aromatic carbocycles. The molecular weight excluding hydrogens is 504 g/mol. The van der Waals surface area contributed by atoms with Crippen molar-refractivity contribution in [2.75, 3.05) is 18.4 Å². The highest BCUT2D eigenvalue weighted by Gasteiger charge is 2.44. The van der Waals surface area contributed by atoms with Crippen LogP contribution in [0.2, 0.25) is 0 Å². The van der Waals surface area contributed by atoms with E-state index in [1.54, 1.807) is 10.8 Å². The number of benzene rings is 1. The molecule has 1 amide bonds. The maximum atomic E-state index is 12.2. The molecule has 1 saturated heterocycles. The number of fused-ring (bicyclic) bond motifs is 4. The van der Waals surface area contributed by atoms with Gasteiger partial charge in [-0.15, -0.1) is 0 Å². The summed E-state index contributed by atoms with van der Waals surface area (Å²) < 4.78 is 7.81. The first-order valence-corrected chi connectivity index (χ1v) is 13.4. The lowest BCUT2D eigenvalue weighted by molar-refractivity contribution is -0.128. The number of nitrogens with zero attached hydrogens (tertiary/aromatic N) is 7. The van der Waals surface area contributed by atoms with Crippen LogP contribution in [0.5, 0.6) is 11.5 Å². The molecule has 1 N–H and O–H groups in total. The summed E-state index contributed by atoms with van der Waals surface area (Å²) in [6, 6.07) is 13.7. The van der Waals surface area contributed by atoms with Crippen molar-refractivity contribution in [2.24, 2.45) is 11.8 Å². The fraction of sp³-hybridized carbons (Fsp3) is 0.267. The Kier molecular flexibility index (Phi) is 5.87. The van der Waals surface area contributed by atoms with Crippen LogP contribution in [0.4, 0.5) is 11.5 Å². The van der Waals surface area contributed by atoms with E-state index >= 15 is 0 Å². The Bertz CT molecular complexity index is 1750. The Balaban J connectivity index is 1.13. The number of pyridine rings is 2. The lowest BCUT2D eigenvalue weighted by atomic mass is 9.82. The minimum Gasteiger partial charge on any atom is -0.457 e. The number of piperidine rings is 1. The molecule has 3 atom stereocenters. The summed E-state index contributed by atoms with van der Waals surface area (Å²) in [6.07, 6.45) is 8.51. The second-order valence-corrected chi connectivity index (χ2v) is 10.5. The molecule has 1 aliphatic heterocycles. The average Bonchev–Trinajstić information content (AvgIpc) is 3.54. The molecule has 10 nitrogen and oxygen atoms in total. The highest BCUT2D eigenvalue weighted by Crippen LogP contribution is 2.47. The van der Waals surface area contributed by atoms with Gasteiger partial charge in [0, 0.05) is 42.7 Å². The summed E-state index contributed by atoms with van der Waals surface area (Å²) in [5.74, 6) is 3.23. The normalized spacial score (nSPS) is 20.1. The van der Waals surface area contributed by atoms with Gasteiger partial charge in [-0.1, -0.05) is 6.58 Å². The fourth-order valence-corrected chi connectivity index (χ4v) is 6.21. The van der Waals surface area contributed by atoms with Crippen molar-refractivity contribution in [3.8, 4) is 11.5 Å². The molecule has 200 valence electrons. The van der Waals surface area contributed by atoms with Crippen molar-refractivity contribution in [1.29, 1.82) is 0 Å². The zero-order valence-corrected chi connectivity index (χ0v) is 22.1. The molecule has 40 heavy (non-hydrogen) atoms. The number of aryl methyl sites for hydroxylation is 1. The number of amides is 1. The molecule has 0 spiro atoms. The Hall–Kier alpha value is -4.86. The molecule has 5 heterocycles. The van der Waals surface area contributed by atoms with E-state index in [2.05, 4.69) is 38.0 Å². The highest BCUT2D eigenvalue weighted by molar-refractivity contribution is 5.88. The number of hydrogen-bond donors (Lipinski definition) is 1. The van der Waals surface area contributed by atoms with Gasteiger partial charge in [-0.2, -0.15) is 5.10 Å². The number of hydrogen-bond acceptors (Lipinski definition) is 8.